The van der Waals surface area contributed by atoms with E-state index in [1.807, 2.05) is 6.92 Å². The van der Waals surface area contributed by atoms with Gasteiger partial charge in [0.1, 0.15) is 23.4 Å². The third kappa shape index (κ3) is 2.60. The zero-order chi connectivity index (χ0) is 20.4. The molecule has 6 nitrogen and oxygen atoms in total. The number of aromatic nitrogens is 2. The summed E-state index contributed by atoms with van der Waals surface area (Å²) in [4.78, 5) is 13.2. The molecule has 1 aromatic heterocycles. The van der Waals surface area contributed by atoms with Gasteiger partial charge >= 0.3 is 0 Å². The van der Waals surface area contributed by atoms with Crippen molar-refractivity contribution in [2.75, 3.05) is 0 Å². The lowest BCUT2D eigenvalue weighted by Crippen LogP contribution is -2.68. The van der Waals surface area contributed by atoms with Crippen LogP contribution in [0.3, 0.4) is 0 Å². The normalized spacial score (nSPS) is 29.3. The number of halogens is 2. The molecule has 3 saturated carbocycles. The van der Waals surface area contributed by atoms with E-state index in [1.165, 1.54) is 17.1 Å². The van der Waals surface area contributed by atoms with E-state index in [0.29, 0.717) is 24.2 Å². The van der Waals surface area contributed by atoms with Gasteiger partial charge in [-0.05, 0) is 49.3 Å². The van der Waals surface area contributed by atoms with Crippen molar-refractivity contribution in [2.24, 2.45) is 15.9 Å². The van der Waals surface area contributed by atoms with E-state index >= 15 is 0 Å². The van der Waals surface area contributed by atoms with Gasteiger partial charge in [-0.1, -0.05) is 0 Å². The lowest BCUT2D eigenvalue weighted by atomic mass is 9.34. The SMILES string of the molecule is Cc1cnn(CC23CC(C(=O)N4N=CCC4c4cc(F)cc(F)c4)(C2)C3)c1C#N. The van der Waals surface area contributed by atoms with E-state index in [1.54, 1.807) is 17.1 Å². The van der Waals surface area contributed by atoms with Gasteiger partial charge in [0.25, 0.3) is 0 Å². The van der Waals surface area contributed by atoms with Gasteiger partial charge in [0.2, 0.25) is 5.91 Å². The molecule has 8 heteroatoms. The van der Waals surface area contributed by atoms with Crippen LogP contribution < -0.4 is 0 Å². The van der Waals surface area contributed by atoms with Gasteiger partial charge in [0.15, 0.2) is 0 Å². The highest BCUT2D eigenvalue weighted by Crippen LogP contribution is 2.74. The lowest BCUT2D eigenvalue weighted by molar-refractivity contribution is -0.223. The first-order chi connectivity index (χ1) is 13.8. The van der Waals surface area contributed by atoms with Gasteiger partial charge in [0.05, 0.1) is 17.7 Å². The zero-order valence-electron chi connectivity index (χ0n) is 15.9. The predicted octanol–water partition coefficient (Wildman–Crippen LogP) is 3.47. The van der Waals surface area contributed by atoms with Crippen LogP contribution in [0.4, 0.5) is 8.78 Å². The monoisotopic (exact) mass is 395 g/mol. The molecule has 1 aromatic carbocycles. The Morgan fingerprint density at radius 2 is 1.97 bits per heavy atom. The van der Waals surface area contributed by atoms with Crippen molar-refractivity contribution in [2.45, 2.75) is 45.2 Å². The highest BCUT2D eigenvalue weighted by molar-refractivity contribution is 5.88. The fourth-order valence-electron chi connectivity index (χ4n) is 5.35. The van der Waals surface area contributed by atoms with Crippen LogP contribution >= 0.6 is 0 Å². The summed E-state index contributed by atoms with van der Waals surface area (Å²) in [5, 5.41) is 19.2. The third-order valence-corrected chi connectivity index (χ3v) is 6.52. The summed E-state index contributed by atoms with van der Waals surface area (Å²) in [5.41, 5.74) is 1.36. The summed E-state index contributed by atoms with van der Waals surface area (Å²) < 4.78 is 29.0. The highest BCUT2D eigenvalue weighted by atomic mass is 19.1. The maximum Gasteiger partial charge on any atom is 0.249 e. The maximum atomic E-state index is 13.6. The van der Waals surface area contributed by atoms with Gasteiger partial charge in [0, 0.05) is 30.8 Å². The molecule has 29 heavy (non-hydrogen) atoms. The minimum absolute atomic E-state index is 0.0103. The van der Waals surface area contributed by atoms with Crippen molar-refractivity contribution >= 4 is 12.1 Å². The zero-order valence-corrected chi connectivity index (χ0v) is 15.9. The van der Waals surface area contributed by atoms with Crippen LogP contribution in [-0.2, 0) is 11.3 Å². The Kier molecular flexibility index (Phi) is 3.69. The van der Waals surface area contributed by atoms with Crippen LogP contribution in [0.5, 0.6) is 0 Å². The molecule has 1 unspecified atom stereocenters. The van der Waals surface area contributed by atoms with Crippen LogP contribution in [-0.4, -0.2) is 26.9 Å². The molecule has 2 heterocycles. The molecule has 1 amide bonds. The molecule has 6 rings (SSSR count). The summed E-state index contributed by atoms with van der Waals surface area (Å²) in [6.07, 6.45) is 5.91. The van der Waals surface area contributed by atoms with E-state index in [-0.39, 0.29) is 11.3 Å². The third-order valence-electron chi connectivity index (χ3n) is 6.52. The van der Waals surface area contributed by atoms with Crippen LogP contribution in [0, 0.1) is 40.7 Å². The van der Waals surface area contributed by atoms with E-state index in [4.69, 9.17) is 0 Å². The molecule has 0 saturated heterocycles. The van der Waals surface area contributed by atoms with Crippen molar-refractivity contribution in [3.05, 3.63) is 52.9 Å². The van der Waals surface area contributed by atoms with Gasteiger partial charge in [-0.3, -0.25) is 9.48 Å². The Morgan fingerprint density at radius 1 is 1.28 bits per heavy atom. The molecular formula is C21H19F2N5O. The largest absolute Gasteiger partial charge is 0.272 e. The molecule has 0 radical (unpaired) electrons. The fraction of sp³-hybridized carbons (Fsp3) is 0.429. The van der Waals surface area contributed by atoms with Crippen LogP contribution in [0.2, 0.25) is 0 Å². The minimum atomic E-state index is -0.661. The molecule has 3 aliphatic carbocycles. The number of benzene rings is 1. The minimum Gasteiger partial charge on any atom is -0.272 e. The number of amides is 1. The average molecular weight is 395 g/mol. The number of carbonyl (C=O) groups is 1. The van der Waals surface area contributed by atoms with Gasteiger partial charge in [-0.15, -0.1) is 0 Å². The van der Waals surface area contributed by atoms with Crippen LogP contribution in [0.25, 0.3) is 0 Å². The first-order valence-corrected chi connectivity index (χ1v) is 9.59. The van der Waals surface area contributed by atoms with Crippen molar-refractivity contribution in [3.63, 3.8) is 0 Å². The second kappa shape index (κ2) is 5.96. The van der Waals surface area contributed by atoms with Crippen molar-refractivity contribution in [1.82, 2.24) is 14.8 Å². The Bertz CT molecular complexity index is 1060. The van der Waals surface area contributed by atoms with Gasteiger partial charge < -0.3 is 0 Å². The second-order valence-corrected chi connectivity index (χ2v) is 8.66. The number of hydrogen-bond donors (Lipinski definition) is 0. The summed E-state index contributed by atoms with van der Waals surface area (Å²) in [5.74, 6) is -1.40. The molecule has 2 aromatic rings. The van der Waals surface area contributed by atoms with E-state index in [9.17, 15) is 18.8 Å². The van der Waals surface area contributed by atoms with Crippen molar-refractivity contribution in [1.29, 1.82) is 5.26 Å². The molecule has 0 spiro atoms. The number of hydrazone groups is 1. The predicted molar refractivity (Wildman–Crippen MR) is 99.5 cm³/mol. The number of carbonyl (C=O) groups excluding carboxylic acids is 1. The lowest BCUT2D eigenvalue weighted by Gasteiger charge is -2.69. The first-order valence-electron chi connectivity index (χ1n) is 9.59. The quantitative estimate of drug-likeness (QED) is 0.796. The smallest absolute Gasteiger partial charge is 0.249 e. The second-order valence-electron chi connectivity index (χ2n) is 8.66. The maximum absolute atomic E-state index is 13.6. The Balaban J connectivity index is 1.30. The summed E-state index contributed by atoms with van der Waals surface area (Å²) in [7, 11) is 0. The van der Waals surface area contributed by atoms with Gasteiger partial charge in [-0.25, -0.2) is 13.8 Å². The number of aryl methyl sites for hydroxylation is 1. The molecule has 1 atom stereocenters. The summed E-state index contributed by atoms with van der Waals surface area (Å²) in [6, 6.07) is 5.05. The number of nitriles is 1. The Hall–Kier alpha value is -3.08. The summed E-state index contributed by atoms with van der Waals surface area (Å²) >= 11 is 0. The number of hydrogen-bond acceptors (Lipinski definition) is 4. The van der Waals surface area contributed by atoms with E-state index in [2.05, 4.69) is 16.3 Å². The number of nitrogens with zero attached hydrogens (tertiary/aromatic N) is 5. The fourth-order valence-corrected chi connectivity index (χ4v) is 5.35. The molecular weight excluding hydrogens is 376 g/mol. The first kappa shape index (κ1) is 18.0. The Labute approximate surface area is 166 Å². The molecule has 0 N–H and O–H groups in total. The Morgan fingerprint density at radius 3 is 2.62 bits per heavy atom. The molecule has 2 bridgehead atoms. The topological polar surface area (TPSA) is 74.3 Å². The van der Waals surface area contributed by atoms with Crippen molar-refractivity contribution < 1.29 is 13.6 Å². The standard InChI is InChI=1S/C21H19F2N5O/c1-13-8-26-27(18(13)7-24)12-20-9-21(10-20,11-20)19(29)28-17(2-3-25-28)14-4-15(22)6-16(23)5-14/h3-6,8,17H,2,9-12H2,1H3. The summed E-state index contributed by atoms with van der Waals surface area (Å²) in [6.45, 7) is 2.48. The van der Waals surface area contributed by atoms with Crippen LogP contribution in [0.15, 0.2) is 29.5 Å². The molecule has 3 fully saturated rings. The van der Waals surface area contributed by atoms with E-state index < -0.39 is 23.1 Å². The van der Waals surface area contributed by atoms with E-state index in [0.717, 1.165) is 30.9 Å². The van der Waals surface area contributed by atoms with Crippen molar-refractivity contribution in [3.8, 4) is 6.07 Å². The molecule has 148 valence electrons. The van der Waals surface area contributed by atoms with Crippen LogP contribution in [0.1, 0.15) is 48.5 Å². The highest BCUT2D eigenvalue weighted by Gasteiger charge is 2.72. The van der Waals surface area contributed by atoms with Gasteiger partial charge in [-0.2, -0.15) is 15.5 Å². The molecule has 1 aliphatic heterocycles. The number of rotatable bonds is 4. The molecule has 4 aliphatic rings. The average Bonchev–Trinajstić information content (AvgIpc) is 3.22.